The molecule has 5 nitrogen and oxygen atoms in total. The number of hydrogen-bond acceptors (Lipinski definition) is 5. The lowest BCUT2D eigenvalue weighted by Crippen LogP contribution is -2.28. The van der Waals surface area contributed by atoms with Gasteiger partial charge in [0.05, 0.1) is 6.61 Å². The van der Waals surface area contributed by atoms with E-state index in [1.165, 1.54) is 340 Å². The van der Waals surface area contributed by atoms with Crippen molar-refractivity contribution in [2.45, 2.75) is 405 Å². The molecule has 0 aliphatic heterocycles. The van der Waals surface area contributed by atoms with Gasteiger partial charge in [0.1, 0.15) is 6.61 Å². The molecule has 1 N–H and O–H groups in total. The summed E-state index contributed by atoms with van der Waals surface area (Å²) in [6.45, 7) is 4.21. The molecule has 0 aliphatic carbocycles. The van der Waals surface area contributed by atoms with Crippen LogP contribution in [0.4, 0.5) is 0 Å². The predicted octanol–water partition coefficient (Wildman–Crippen LogP) is 23.4. The molecule has 0 fully saturated rings. The lowest BCUT2D eigenvalue weighted by Gasteiger charge is -2.15. The van der Waals surface area contributed by atoms with Crippen molar-refractivity contribution < 1.29 is 24.2 Å². The molecule has 0 heterocycles. The van der Waals surface area contributed by atoms with E-state index >= 15 is 0 Å². The Morgan fingerprint density at radius 2 is 0.500 bits per heavy atom. The maximum atomic E-state index is 12.3. The van der Waals surface area contributed by atoms with Gasteiger partial charge in [-0.1, -0.05) is 360 Å². The van der Waals surface area contributed by atoms with Gasteiger partial charge in [-0.15, -0.1) is 0 Å². The normalized spacial score (nSPS) is 12.1. The molecule has 0 amide bonds. The van der Waals surface area contributed by atoms with Gasteiger partial charge in [0.25, 0.3) is 0 Å². The van der Waals surface area contributed by atoms with Crippen molar-refractivity contribution in [3.05, 3.63) is 12.2 Å². The number of aliphatic hydroxyl groups is 1. The SMILES string of the molecule is CCCCCCCCCC/C=C\CCCCCCCCCCCCCCCC(=O)OC(CO)COC(=O)CCCCCCCCCCCCCCCCCCCCCCCCCCCCCCCCCCCCC. The van der Waals surface area contributed by atoms with Gasteiger partial charge in [0.2, 0.25) is 0 Å². The molecule has 0 bridgehead atoms. The smallest absolute Gasteiger partial charge is 0.306 e. The second-order valence-electron chi connectivity index (χ2n) is 23.6. The summed E-state index contributed by atoms with van der Waals surface area (Å²) in [6.07, 6.45) is 84.0. The Morgan fingerprint density at radius 3 is 0.730 bits per heavy atom. The van der Waals surface area contributed by atoms with Gasteiger partial charge in [-0.3, -0.25) is 9.59 Å². The minimum absolute atomic E-state index is 0.0577. The summed E-state index contributed by atoms with van der Waals surface area (Å²) >= 11 is 0. The first kappa shape index (κ1) is 72.6. The van der Waals surface area contributed by atoms with E-state index in [0.717, 1.165) is 32.1 Å². The first-order chi connectivity index (χ1) is 36.6. The highest BCUT2D eigenvalue weighted by molar-refractivity contribution is 5.70. The van der Waals surface area contributed by atoms with Crippen LogP contribution >= 0.6 is 0 Å². The number of rotatable bonds is 65. The van der Waals surface area contributed by atoms with Crippen LogP contribution in [0.1, 0.15) is 399 Å². The van der Waals surface area contributed by atoms with Crippen LogP contribution in [0.2, 0.25) is 0 Å². The number of unbranched alkanes of at least 4 members (excludes halogenated alkanes) is 55. The zero-order valence-corrected chi connectivity index (χ0v) is 50.7. The Labute approximate surface area is 464 Å². The molecule has 0 aromatic heterocycles. The molecule has 0 saturated carbocycles. The summed E-state index contributed by atoms with van der Waals surface area (Å²) in [6, 6.07) is 0. The van der Waals surface area contributed by atoms with Crippen LogP contribution < -0.4 is 0 Å². The Hall–Kier alpha value is -1.36. The quantitative estimate of drug-likeness (QED) is 0.0373. The Morgan fingerprint density at radius 1 is 0.297 bits per heavy atom. The van der Waals surface area contributed by atoms with Crippen molar-refractivity contribution in [2.24, 2.45) is 0 Å². The van der Waals surface area contributed by atoms with E-state index < -0.39 is 6.10 Å². The molecule has 0 saturated heterocycles. The van der Waals surface area contributed by atoms with E-state index in [9.17, 15) is 14.7 Å². The molecular weight excluding hydrogens is 909 g/mol. The van der Waals surface area contributed by atoms with Gasteiger partial charge in [0, 0.05) is 12.8 Å². The van der Waals surface area contributed by atoms with Crippen LogP contribution in [0.3, 0.4) is 0 Å². The van der Waals surface area contributed by atoms with Crippen LogP contribution in [0, 0.1) is 0 Å². The van der Waals surface area contributed by atoms with Crippen LogP contribution in [-0.4, -0.2) is 36.4 Å². The van der Waals surface area contributed by atoms with Crippen molar-refractivity contribution in [1.82, 2.24) is 0 Å². The zero-order chi connectivity index (χ0) is 53.4. The lowest BCUT2D eigenvalue weighted by atomic mass is 10.0. The lowest BCUT2D eigenvalue weighted by molar-refractivity contribution is -0.161. The van der Waals surface area contributed by atoms with E-state index in [4.69, 9.17) is 9.47 Å². The highest BCUT2D eigenvalue weighted by Gasteiger charge is 2.16. The minimum atomic E-state index is -0.768. The summed E-state index contributed by atoms with van der Waals surface area (Å²) in [5, 5.41) is 9.69. The zero-order valence-electron chi connectivity index (χ0n) is 50.7. The standard InChI is InChI=1S/C69H134O5/c1-3-5-7-9-11-13-15-17-19-21-23-25-27-29-30-31-32-33-34-35-36-37-38-40-41-43-45-47-49-51-53-55-57-59-61-63-68(71)73-66-67(65-70)74-69(72)64-62-60-58-56-54-52-50-48-46-44-42-39-28-26-24-22-20-18-16-14-12-10-8-6-4-2/h22,24,67,70H,3-21,23,25-66H2,1-2H3/b24-22-. The minimum Gasteiger partial charge on any atom is -0.462 e. The topological polar surface area (TPSA) is 72.8 Å². The van der Waals surface area contributed by atoms with E-state index in [1.54, 1.807) is 0 Å². The van der Waals surface area contributed by atoms with Gasteiger partial charge < -0.3 is 14.6 Å². The maximum Gasteiger partial charge on any atom is 0.306 e. The third-order valence-electron chi connectivity index (χ3n) is 16.1. The molecular formula is C69H134O5. The second kappa shape index (κ2) is 65.9. The highest BCUT2D eigenvalue weighted by Crippen LogP contribution is 2.19. The number of ether oxygens (including phenoxy) is 2. The maximum absolute atomic E-state index is 12.3. The van der Waals surface area contributed by atoms with Crippen molar-refractivity contribution in [3.8, 4) is 0 Å². The average Bonchev–Trinajstić information content (AvgIpc) is 3.40. The van der Waals surface area contributed by atoms with Crippen molar-refractivity contribution >= 4 is 11.9 Å². The van der Waals surface area contributed by atoms with E-state index in [2.05, 4.69) is 26.0 Å². The molecule has 440 valence electrons. The predicted molar refractivity (Wildman–Crippen MR) is 325 cm³/mol. The summed E-state index contributed by atoms with van der Waals surface area (Å²) in [5.74, 6) is -0.564. The van der Waals surface area contributed by atoms with Gasteiger partial charge in [-0.25, -0.2) is 0 Å². The molecule has 1 atom stereocenters. The van der Waals surface area contributed by atoms with Gasteiger partial charge >= 0.3 is 11.9 Å². The molecule has 0 aromatic rings. The first-order valence-electron chi connectivity index (χ1n) is 34.2. The third-order valence-corrected chi connectivity index (χ3v) is 16.1. The second-order valence-corrected chi connectivity index (χ2v) is 23.6. The first-order valence-corrected chi connectivity index (χ1v) is 34.2. The Balaban J connectivity index is 3.36. The van der Waals surface area contributed by atoms with E-state index in [0.29, 0.717) is 12.8 Å². The van der Waals surface area contributed by atoms with Crippen molar-refractivity contribution in [2.75, 3.05) is 13.2 Å². The van der Waals surface area contributed by atoms with E-state index in [-0.39, 0.29) is 25.2 Å². The third kappa shape index (κ3) is 63.2. The monoisotopic (exact) mass is 1040 g/mol. The summed E-state index contributed by atoms with van der Waals surface area (Å²) in [5.41, 5.74) is 0. The number of hydrogen-bond donors (Lipinski definition) is 1. The van der Waals surface area contributed by atoms with Crippen LogP contribution in [0.25, 0.3) is 0 Å². The molecule has 5 heteroatoms. The molecule has 0 spiro atoms. The number of carbonyl (C=O) groups excluding carboxylic acids is 2. The largest absolute Gasteiger partial charge is 0.462 e. The molecule has 0 rings (SSSR count). The van der Waals surface area contributed by atoms with Gasteiger partial charge in [0.15, 0.2) is 6.10 Å². The van der Waals surface area contributed by atoms with Crippen molar-refractivity contribution in [1.29, 1.82) is 0 Å². The summed E-state index contributed by atoms with van der Waals surface area (Å²) in [7, 11) is 0. The van der Waals surface area contributed by atoms with E-state index in [1.807, 2.05) is 0 Å². The molecule has 0 aromatic carbocycles. The fourth-order valence-corrected chi connectivity index (χ4v) is 10.9. The average molecular weight is 1040 g/mol. The summed E-state index contributed by atoms with van der Waals surface area (Å²) < 4.78 is 10.8. The number of carbonyl (C=O) groups is 2. The van der Waals surface area contributed by atoms with Crippen LogP contribution in [0.5, 0.6) is 0 Å². The molecule has 1 unspecified atom stereocenters. The van der Waals surface area contributed by atoms with Crippen LogP contribution in [-0.2, 0) is 19.1 Å². The Bertz CT molecular complexity index is 1090. The van der Waals surface area contributed by atoms with Gasteiger partial charge in [-0.2, -0.15) is 0 Å². The van der Waals surface area contributed by atoms with Gasteiger partial charge in [-0.05, 0) is 38.5 Å². The van der Waals surface area contributed by atoms with Crippen LogP contribution in [0.15, 0.2) is 12.2 Å². The number of aliphatic hydroxyl groups excluding tert-OH is 1. The van der Waals surface area contributed by atoms with Crippen molar-refractivity contribution in [3.63, 3.8) is 0 Å². The molecule has 74 heavy (non-hydrogen) atoms. The fraction of sp³-hybridized carbons (Fsp3) is 0.942. The molecule has 0 radical (unpaired) electrons. The fourth-order valence-electron chi connectivity index (χ4n) is 10.9. The summed E-state index contributed by atoms with van der Waals surface area (Å²) in [4.78, 5) is 24.6. The Kier molecular flexibility index (Phi) is 64.7. The highest BCUT2D eigenvalue weighted by atomic mass is 16.6. The number of allylic oxidation sites excluding steroid dienone is 2. The molecule has 0 aliphatic rings. The number of esters is 2.